The van der Waals surface area contributed by atoms with Gasteiger partial charge >= 0.3 is 18.1 Å². The van der Waals surface area contributed by atoms with Crippen LogP contribution in [0.3, 0.4) is 0 Å². The molecule has 6 nitrogen and oxygen atoms in total. The summed E-state index contributed by atoms with van der Waals surface area (Å²) in [5.41, 5.74) is 0. The number of hydrogen-bond donors (Lipinski definition) is 2. The van der Waals surface area contributed by atoms with Crippen LogP contribution in [0.25, 0.3) is 0 Å². The number of hydrogen-bond acceptors (Lipinski definition) is 3. The molecule has 0 aliphatic carbocycles. The highest BCUT2D eigenvalue weighted by atomic mass is 19.4. The minimum atomic E-state index is -5.15. The van der Waals surface area contributed by atoms with Crippen LogP contribution < -0.4 is 5.32 Å². The second-order valence-corrected chi connectivity index (χ2v) is 3.69. The number of carbonyl (C=O) groups excluding carboxylic acids is 2. The average molecular weight is 270 g/mol. The van der Waals surface area contributed by atoms with Gasteiger partial charge in [0, 0.05) is 20.5 Å². The first-order valence-electron chi connectivity index (χ1n) is 4.86. The first-order chi connectivity index (χ1) is 8.05. The minimum Gasteiger partial charge on any atom is -0.480 e. The molecule has 9 heteroatoms. The van der Waals surface area contributed by atoms with Crippen LogP contribution in [0.15, 0.2) is 0 Å². The first-order valence-corrected chi connectivity index (χ1v) is 4.86. The van der Waals surface area contributed by atoms with Crippen molar-refractivity contribution in [2.24, 2.45) is 0 Å². The first kappa shape index (κ1) is 16.2. The Labute approximate surface area is 101 Å². The van der Waals surface area contributed by atoms with Gasteiger partial charge in [-0.05, 0) is 6.42 Å². The van der Waals surface area contributed by atoms with Crippen LogP contribution in [-0.4, -0.2) is 54.1 Å². The highest BCUT2D eigenvalue weighted by Gasteiger charge is 2.40. The number of nitrogens with zero attached hydrogens (tertiary/aromatic N) is 1. The second kappa shape index (κ2) is 6.22. The van der Waals surface area contributed by atoms with Gasteiger partial charge in [-0.3, -0.25) is 9.59 Å². The third kappa shape index (κ3) is 5.51. The zero-order valence-electron chi connectivity index (χ0n) is 9.74. The highest BCUT2D eigenvalue weighted by molar-refractivity contribution is 5.87. The summed E-state index contributed by atoms with van der Waals surface area (Å²) in [6, 6.07) is -1.75. The van der Waals surface area contributed by atoms with Crippen molar-refractivity contribution in [1.82, 2.24) is 10.2 Å². The molecule has 1 atom stereocenters. The number of alkyl halides is 3. The summed E-state index contributed by atoms with van der Waals surface area (Å²) >= 11 is 0. The Hall–Kier alpha value is -1.80. The van der Waals surface area contributed by atoms with Crippen molar-refractivity contribution in [3.8, 4) is 0 Å². The zero-order valence-corrected chi connectivity index (χ0v) is 9.74. The number of amides is 2. The van der Waals surface area contributed by atoms with Crippen molar-refractivity contribution in [2.75, 3.05) is 14.1 Å². The Morgan fingerprint density at radius 3 is 2.11 bits per heavy atom. The molecule has 18 heavy (non-hydrogen) atoms. The quantitative estimate of drug-likeness (QED) is 0.735. The Bertz CT molecular complexity index is 341. The largest absolute Gasteiger partial charge is 0.480 e. The molecule has 0 fully saturated rings. The van der Waals surface area contributed by atoms with E-state index in [1.165, 1.54) is 24.3 Å². The van der Waals surface area contributed by atoms with Gasteiger partial charge in [0.2, 0.25) is 5.91 Å². The maximum atomic E-state index is 11.9. The topological polar surface area (TPSA) is 86.7 Å². The summed E-state index contributed by atoms with van der Waals surface area (Å²) in [6.45, 7) is 0. The lowest BCUT2D eigenvalue weighted by molar-refractivity contribution is -0.175. The van der Waals surface area contributed by atoms with Crippen LogP contribution in [-0.2, 0) is 14.4 Å². The average Bonchev–Trinajstić information content (AvgIpc) is 2.21. The maximum Gasteiger partial charge on any atom is 0.471 e. The van der Waals surface area contributed by atoms with Crippen LogP contribution in [0.2, 0.25) is 0 Å². The summed E-state index contributed by atoms with van der Waals surface area (Å²) in [6.07, 6.45) is -5.84. The van der Waals surface area contributed by atoms with E-state index in [2.05, 4.69) is 0 Å². The third-order valence-electron chi connectivity index (χ3n) is 2.01. The molecule has 2 N–H and O–H groups in total. The fraction of sp³-hybridized carbons (Fsp3) is 0.667. The Morgan fingerprint density at radius 2 is 1.78 bits per heavy atom. The van der Waals surface area contributed by atoms with Crippen molar-refractivity contribution in [2.45, 2.75) is 25.1 Å². The molecular weight excluding hydrogens is 257 g/mol. The van der Waals surface area contributed by atoms with Crippen molar-refractivity contribution in [1.29, 1.82) is 0 Å². The number of carboxylic acid groups (broad SMARTS) is 1. The second-order valence-electron chi connectivity index (χ2n) is 3.69. The molecule has 0 unspecified atom stereocenters. The summed E-state index contributed by atoms with van der Waals surface area (Å²) < 4.78 is 35.8. The molecule has 104 valence electrons. The molecular formula is C9H13F3N2O4. The van der Waals surface area contributed by atoms with E-state index in [-0.39, 0.29) is 6.42 Å². The maximum absolute atomic E-state index is 11.9. The number of carbonyl (C=O) groups is 3. The number of rotatable bonds is 5. The van der Waals surface area contributed by atoms with Gasteiger partial charge in [-0.25, -0.2) is 4.79 Å². The van der Waals surface area contributed by atoms with Crippen LogP contribution in [0.4, 0.5) is 13.2 Å². The fourth-order valence-corrected chi connectivity index (χ4v) is 0.989. The normalized spacial score (nSPS) is 12.7. The molecule has 2 amide bonds. The molecule has 0 aliphatic rings. The van der Waals surface area contributed by atoms with Gasteiger partial charge in [-0.2, -0.15) is 13.2 Å². The molecule has 0 saturated carbocycles. The summed E-state index contributed by atoms with van der Waals surface area (Å²) in [5, 5.41) is 9.95. The minimum absolute atomic E-state index is 0.276. The van der Waals surface area contributed by atoms with Gasteiger partial charge < -0.3 is 15.3 Å². The molecule has 0 spiro atoms. The molecule has 0 rings (SSSR count). The summed E-state index contributed by atoms with van der Waals surface area (Å²) in [7, 11) is 2.85. The Balaban J connectivity index is 4.47. The number of carboxylic acids is 1. The van der Waals surface area contributed by atoms with Crippen molar-refractivity contribution in [3.63, 3.8) is 0 Å². The molecule has 0 aromatic heterocycles. The molecule has 0 aromatic carbocycles. The summed E-state index contributed by atoms with van der Waals surface area (Å²) in [5.74, 6) is -4.41. The zero-order chi connectivity index (χ0) is 14.5. The van der Waals surface area contributed by atoms with Crippen LogP contribution in [0.1, 0.15) is 12.8 Å². The molecule has 0 aromatic rings. The lowest BCUT2D eigenvalue weighted by Crippen LogP contribution is -2.47. The lowest BCUT2D eigenvalue weighted by atomic mass is 10.1. The number of nitrogens with one attached hydrogen (secondary N) is 1. The Kier molecular flexibility index (Phi) is 5.60. The molecule has 0 radical (unpaired) electrons. The van der Waals surface area contributed by atoms with E-state index < -0.39 is 36.4 Å². The molecule has 0 bridgehead atoms. The smallest absolute Gasteiger partial charge is 0.471 e. The Morgan fingerprint density at radius 1 is 1.28 bits per heavy atom. The van der Waals surface area contributed by atoms with E-state index >= 15 is 0 Å². The van der Waals surface area contributed by atoms with E-state index in [9.17, 15) is 27.6 Å². The predicted octanol–water partition coefficient (Wildman–Crippen LogP) is -0.0135. The highest BCUT2D eigenvalue weighted by Crippen LogP contribution is 2.15. The van der Waals surface area contributed by atoms with E-state index in [4.69, 9.17) is 5.11 Å². The SMILES string of the molecule is CN(C)C(=O)CC[C@@H](NC(=O)C(F)(F)F)C(=O)O. The van der Waals surface area contributed by atoms with Crippen molar-refractivity contribution < 1.29 is 32.7 Å². The summed E-state index contributed by atoms with van der Waals surface area (Å²) in [4.78, 5) is 33.5. The van der Waals surface area contributed by atoms with Crippen molar-refractivity contribution in [3.05, 3.63) is 0 Å². The van der Waals surface area contributed by atoms with Crippen molar-refractivity contribution >= 4 is 17.8 Å². The van der Waals surface area contributed by atoms with Gasteiger partial charge in [0.05, 0.1) is 0 Å². The van der Waals surface area contributed by atoms with Crippen LogP contribution >= 0.6 is 0 Å². The van der Waals surface area contributed by atoms with E-state index in [0.717, 1.165) is 0 Å². The number of halogens is 3. The fourth-order valence-electron chi connectivity index (χ4n) is 0.989. The van der Waals surface area contributed by atoms with Gasteiger partial charge in [0.25, 0.3) is 0 Å². The molecule has 0 aliphatic heterocycles. The molecule has 0 heterocycles. The van der Waals surface area contributed by atoms with Gasteiger partial charge in [-0.15, -0.1) is 0 Å². The lowest BCUT2D eigenvalue weighted by Gasteiger charge is -2.16. The number of aliphatic carboxylic acids is 1. The van der Waals surface area contributed by atoms with Gasteiger partial charge in [0.1, 0.15) is 6.04 Å². The van der Waals surface area contributed by atoms with Gasteiger partial charge in [-0.1, -0.05) is 0 Å². The third-order valence-corrected chi connectivity index (χ3v) is 2.01. The standard InChI is InChI=1S/C9H13F3N2O4/c1-14(2)6(15)4-3-5(7(16)17)13-8(18)9(10,11)12/h5H,3-4H2,1-2H3,(H,13,18)(H,16,17)/t5-/m1/s1. The predicted molar refractivity (Wildman–Crippen MR) is 53.5 cm³/mol. The van der Waals surface area contributed by atoms with Crippen LogP contribution in [0, 0.1) is 0 Å². The van der Waals surface area contributed by atoms with E-state index in [1.54, 1.807) is 0 Å². The van der Waals surface area contributed by atoms with E-state index in [1.807, 2.05) is 0 Å². The van der Waals surface area contributed by atoms with E-state index in [0.29, 0.717) is 0 Å². The molecule has 0 saturated heterocycles. The van der Waals surface area contributed by atoms with Crippen LogP contribution in [0.5, 0.6) is 0 Å². The van der Waals surface area contributed by atoms with Gasteiger partial charge in [0.15, 0.2) is 0 Å². The monoisotopic (exact) mass is 270 g/mol.